The van der Waals surface area contributed by atoms with E-state index in [0.717, 1.165) is 39.1 Å². The zero-order chi connectivity index (χ0) is 14.3. The predicted octanol–water partition coefficient (Wildman–Crippen LogP) is 0.411. The van der Waals surface area contributed by atoms with Gasteiger partial charge in [-0.1, -0.05) is 6.92 Å². The quantitative estimate of drug-likeness (QED) is 0.728. The lowest BCUT2D eigenvalue weighted by Crippen LogP contribution is -2.46. The Morgan fingerprint density at radius 2 is 2.05 bits per heavy atom. The summed E-state index contributed by atoms with van der Waals surface area (Å²) in [6, 6.07) is 0.588. The number of nitrogens with one attached hydrogen (secondary N) is 1. The van der Waals surface area contributed by atoms with Crippen LogP contribution in [0.4, 0.5) is 0 Å². The number of rotatable bonds is 7. The minimum absolute atomic E-state index is 0.195. The van der Waals surface area contributed by atoms with Gasteiger partial charge in [0.2, 0.25) is 5.91 Å². The van der Waals surface area contributed by atoms with Crippen LogP contribution in [0.1, 0.15) is 19.8 Å². The maximum atomic E-state index is 11.6. The van der Waals surface area contributed by atoms with Crippen molar-refractivity contribution in [1.82, 2.24) is 15.1 Å². The van der Waals surface area contributed by atoms with Crippen LogP contribution in [-0.4, -0.2) is 75.7 Å². The highest BCUT2D eigenvalue weighted by Gasteiger charge is 2.21. The lowest BCUT2D eigenvalue weighted by Gasteiger charge is -2.33. The van der Waals surface area contributed by atoms with E-state index < -0.39 is 0 Å². The fourth-order valence-electron chi connectivity index (χ4n) is 2.34. The number of hydrogen-bond acceptors (Lipinski definition) is 4. The second-order valence-electron chi connectivity index (χ2n) is 5.81. The molecule has 1 aliphatic rings. The van der Waals surface area contributed by atoms with Gasteiger partial charge >= 0.3 is 0 Å². The molecule has 1 fully saturated rings. The van der Waals surface area contributed by atoms with Gasteiger partial charge in [0.05, 0.1) is 6.54 Å². The highest BCUT2D eigenvalue weighted by Crippen LogP contribution is 2.10. The minimum Gasteiger partial charge on any atom is -0.384 e. The Balaban J connectivity index is 2.16. The number of likely N-dealkylation sites (tertiary alicyclic amines) is 1. The van der Waals surface area contributed by atoms with Crippen LogP contribution >= 0.6 is 0 Å². The van der Waals surface area contributed by atoms with Crippen LogP contribution in [-0.2, 0) is 9.53 Å². The lowest BCUT2D eigenvalue weighted by molar-refractivity contribution is -0.130. The number of carbonyl (C=O) groups excluding carboxylic acids is 1. The van der Waals surface area contributed by atoms with Crippen molar-refractivity contribution < 1.29 is 9.53 Å². The molecule has 1 amide bonds. The van der Waals surface area contributed by atoms with E-state index >= 15 is 0 Å². The van der Waals surface area contributed by atoms with Gasteiger partial charge in [0.15, 0.2) is 0 Å². The molecule has 1 unspecified atom stereocenters. The molecule has 0 aromatic heterocycles. The van der Waals surface area contributed by atoms with Crippen LogP contribution in [0.15, 0.2) is 0 Å². The van der Waals surface area contributed by atoms with E-state index in [1.807, 2.05) is 14.1 Å². The Morgan fingerprint density at radius 1 is 1.42 bits per heavy atom. The van der Waals surface area contributed by atoms with Crippen molar-refractivity contribution in [1.29, 1.82) is 0 Å². The summed E-state index contributed by atoms with van der Waals surface area (Å²) in [6.45, 7) is 6.59. The number of ether oxygens (including phenoxy) is 1. The third-order valence-electron chi connectivity index (χ3n) is 3.65. The van der Waals surface area contributed by atoms with Crippen LogP contribution in [0.3, 0.4) is 0 Å². The number of likely N-dealkylation sites (N-methyl/N-ethyl adjacent to an activating group) is 1. The van der Waals surface area contributed by atoms with Gasteiger partial charge in [-0.3, -0.25) is 9.69 Å². The molecule has 112 valence electrons. The molecular weight excluding hydrogens is 242 g/mol. The molecule has 0 aromatic carbocycles. The van der Waals surface area contributed by atoms with Gasteiger partial charge in [-0.05, 0) is 18.8 Å². The van der Waals surface area contributed by atoms with Crippen molar-refractivity contribution in [3.05, 3.63) is 0 Å². The zero-order valence-electron chi connectivity index (χ0n) is 12.8. The Morgan fingerprint density at radius 3 is 2.58 bits per heavy atom. The summed E-state index contributed by atoms with van der Waals surface area (Å²) in [5.41, 5.74) is 0. The van der Waals surface area contributed by atoms with Crippen molar-refractivity contribution in [2.24, 2.45) is 5.92 Å². The van der Waals surface area contributed by atoms with E-state index in [1.165, 1.54) is 0 Å². The van der Waals surface area contributed by atoms with Crippen LogP contribution in [0, 0.1) is 5.92 Å². The average Bonchev–Trinajstić information content (AvgIpc) is 2.38. The average molecular weight is 271 g/mol. The van der Waals surface area contributed by atoms with E-state index in [2.05, 4.69) is 17.1 Å². The van der Waals surface area contributed by atoms with Gasteiger partial charge in [-0.25, -0.2) is 0 Å². The molecule has 1 aliphatic heterocycles. The molecule has 0 bridgehead atoms. The van der Waals surface area contributed by atoms with Crippen LogP contribution in [0.5, 0.6) is 0 Å². The minimum atomic E-state index is 0.195. The van der Waals surface area contributed by atoms with Gasteiger partial charge in [0, 0.05) is 53.5 Å². The highest BCUT2D eigenvalue weighted by molar-refractivity contribution is 5.77. The smallest absolute Gasteiger partial charge is 0.236 e. The number of carbonyl (C=O) groups is 1. The van der Waals surface area contributed by atoms with E-state index in [0.29, 0.717) is 18.5 Å². The maximum absolute atomic E-state index is 11.6. The van der Waals surface area contributed by atoms with Crippen LogP contribution in [0.2, 0.25) is 0 Å². The van der Waals surface area contributed by atoms with Crippen molar-refractivity contribution in [2.45, 2.75) is 25.8 Å². The number of amides is 1. The largest absolute Gasteiger partial charge is 0.384 e. The fraction of sp³-hybridized carbons (Fsp3) is 0.929. The van der Waals surface area contributed by atoms with Crippen LogP contribution < -0.4 is 5.32 Å². The van der Waals surface area contributed by atoms with Gasteiger partial charge in [0.1, 0.15) is 0 Å². The molecule has 1 heterocycles. The second-order valence-corrected chi connectivity index (χ2v) is 5.81. The second kappa shape index (κ2) is 8.51. The molecule has 0 radical (unpaired) electrons. The third-order valence-corrected chi connectivity index (χ3v) is 3.65. The highest BCUT2D eigenvalue weighted by atomic mass is 16.5. The standard InChI is InChI=1S/C14H29N3O2/c1-12(11-19-4)9-15-13-5-7-17(8-6-13)10-14(18)16(2)3/h12-13,15H,5-11H2,1-4H3. The third kappa shape index (κ3) is 6.36. The first-order valence-electron chi connectivity index (χ1n) is 7.17. The molecule has 0 saturated carbocycles. The van der Waals surface area contributed by atoms with Crippen molar-refractivity contribution in [3.8, 4) is 0 Å². The maximum Gasteiger partial charge on any atom is 0.236 e. The molecule has 5 heteroatoms. The zero-order valence-corrected chi connectivity index (χ0v) is 12.8. The number of piperidine rings is 1. The topological polar surface area (TPSA) is 44.8 Å². The van der Waals surface area contributed by atoms with Gasteiger partial charge in [0.25, 0.3) is 0 Å². The van der Waals surface area contributed by atoms with Crippen molar-refractivity contribution in [2.75, 3.05) is 54.0 Å². The first-order valence-corrected chi connectivity index (χ1v) is 7.17. The molecule has 1 saturated heterocycles. The number of methoxy groups -OCH3 is 1. The van der Waals surface area contributed by atoms with Gasteiger partial charge in [-0.2, -0.15) is 0 Å². The van der Waals surface area contributed by atoms with E-state index in [-0.39, 0.29) is 5.91 Å². The normalized spacial score (nSPS) is 19.4. The SMILES string of the molecule is COCC(C)CNC1CCN(CC(=O)N(C)C)CC1. The summed E-state index contributed by atoms with van der Waals surface area (Å²) in [6.07, 6.45) is 2.25. The summed E-state index contributed by atoms with van der Waals surface area (Å²) >= 11 is 0. The molecule has 1 atom stereocenters. The summed E-state index contributed by atoms with van der Waals surface area (Å²) in [5, 5.41) is 3.60. The van der Waals surface area contributed by atoms with Gasteiger partial charge < -0.3 is 15.0 Å². The van der Waals surface area contributed by atoms with Crippen molar-refractivity contribution in [3.63, 3.8) is 0 Å². The Labute approximate surface area is 117 Å². The summed E-state index contributed by atoms with van der Waals surface area (Å²) < 4.78 is 5.14. The molecule has 1 rings (SSSR count). The summed E-state index contributed by atoms with van der Waals surface area (Å²) in [7, 11) is 5.37. The lowest BCUT2D eigenvalue weighted by atomic mass is 10.0. The molecule has 0 aliphatic carbocycles. The Hall–Kier alpha value is -0.650. The fourth-order valence-corrected chi connectivity index (χ4v) is 2.34. The number of hydrogen-bond donors (Lipinski definition) is 1. The Kier molecular flexibility index (Phi) is 7.34. The van der Waals surface area contributed by atoms with Gasteiger partial charge in [-0.15, -0.1) is 0 Å². The first-order chi connectivity index (χ1) is 9.02. The van der Waals surface area contributed by atoms with Crippen LogP contribution in [0.25, 0.3) is 0 Å². The molecule has 19 heavy (non-hydrogen) atoms. The molecular formula is C14H29N3O2. The molecule has 0 spiro atoms. The Bertz CT molecular complexity index is 263. The van der Waals surface area contributed by atoms with Crippen molar-refractivity contribution >= 4 is 5.91 Å². The van der Waals surface area contributed by atoms with E-state index in [4.69, 9.17) is 4.74 Å². The van der Waals surface area contributed by atoms with E-state index in [1.54, 1.807) is 12.0 Å². The molecule has 5 nitrogen and oxygen atoms in total. The summed E-state index contributed by atoms with van der Waals surface area (Å²) in [5.74, 6) is 0.749. The first kappa shape index (κ1) is 16.4. The molecule has 0 aromatic rings. The predicted molar refractivity (Wildman–Crippen MR) is 77.2 cm³/mol. The number of nitrogens with zero attached hydrogens (tertiary/aromatic N) is 2. The monoisotopic (exact) mass is 271 g/mol. The van der Waals surface area contributed by atoms with E-state index in [9.17, 15) is 4.79 Å². The summed E-state index contributed by atoms with van der Waals surface area (Å²) in [4.78, 5) is 15.5. The molecule has 1 N–H and O–H groups in total.